The summed E-state index contributed by atoms with van der Waals surface area (Å²) in [6.07, 6.45) is 2.96. The fraction of sp³-hybridized carbons (Fsp3) is 0.148. The predicted molar refractivity (Wildman–Crippen MR) is 138 cm³/mol. The number of methoxy groups -OCH3 is 1. The van der Waals surface area contributed by atoms with Crippen LogP contribution in [0.25, 0.3) is 16.0 Å². The molecule has 0 aliphatic carbocycles. The van der Waals surface area contributed by atoms with Gasteiger partial charge in [-0.25, -0.2) is 9.78 Å². The van der Waals surface area contributed by atoms with E-state index in [1.807, 2.05) is 13.0 Å². The van der Waals surface area contributed by atoms with Gasteiger partial charge in [-0.2, -0.15) is 0 Å². The zero-order valence-electron chi connectivity index (χ0n) is 19.9. The first kappa shape index (κ1) is 24.1. The number of Topliss-reactive ketones (excluding diaryl/α,β-unsaturated/α-hetero) is 1. The Hall–Kier alpha value is -4.57. The van der Waals surface area contributed by atoms with Crippen LogP contribution >= 0.6 is 11.3 Å². The molecule has 1 aliphatic rings. The third-order valence-corrected chi connectivity index (χ3v) is 6.93. The molecule has 1 saturated heterocycles. The van der Waals surface area contributed by atoms with Crippen LogP contribution in [-0.4, -0.2) is 46.5 Å². The van der Waals surface area contributed by atoms with Gasteiger partial charge >= 0.3 is 11.9 Å². The fourth-order valence-corrected chi connectivity index (χ4v) is 5.20. The molecule has 10 heteroatoms. The second-order valence-corrected chi connectivity index (χ2v) is 9.09. The Morgan fingerprint density at radius 1 is 1.05 bits per heavy atom. The second kappa shape index (κ2) is 9.82. The predicted octanol–water partition coefficient (Wildman–Crippen LogP) is 4.50. The number of carbonyl (C=O) groups is 3. The minimum absolute atomic E-state index is 0.0868. The zero-order valence-corrected chi connectivity index (χ0v) is 20.7. The van der Waals surface area contributed by atoms with Gasteiger partial charge in [-0.3, -0.25) is 19.5 Å². The number of rotatable bonds is 6. The molecule has 1 fully saturated rings. The molecular formula is C27H21N3O6S. The Bertz CT molecular complexity index is 1550. The highest BCUT2D eigenvalue weighted by Crippen LogP contribution is 2.44. The van der Waals surface area contributed by atoms with Crippen LogP contribution in [0.15, 0.2) is 72.6 Å². The molecule has 1 atom stereocenters. The highest BCUT2D eigenvalue weighted by molar-refractivity contribution is 7.22. The minimum Gasteiger partial charge on any atom is -0.507 e. The molecule has 1 unspecified atom stereocenters. The van der Waals surface area contributed by atoms with Gasteiger partial charge in [-0.15, -0.1) is 0 Å². The average molecular weight is 516 g/mol. The van der Waals surface area contributed by atoms with Crippen LogP contribution in [0.5, 0.6) is 5.75 Å². The first-order valence-corrected chi connectivity index (χ1v) is 12.2. The lowest BCUT2D eigenvalue weighted by atomic mass is 9.95. The number of ketones is 1. The molecule has 1 amide bonds. The lowest BCUT2D eigenvalue weighted by Crippen LogP contribution is -2.29. The molecule has 9 nitrogen and oxygen atoms in total. The summed E-state index contributed by atoms with van der Waals surface area (Å²) in [4.78, 5) is 48.5. The third-order valence-electron chi connectivity index (χ3n) is 5.91. The van der Waals surface area contributed by atoms with E-state index in [0.717, 1.165) is 4.70 Å². The monoisotopic (exact) mass is 515 g/mol. The van der Waals surface area contributed by atoms with Gasteiger partial charge in [0.05, 0.1) is 41.1 Å². The molecule has 37 heavy (non-hydrogen) atoms. The first-order valence-electron chi connectivity index (χ1n) is 11.4. The largest absolute Gasteiger partial charge is 0.507 e. The Labute approximate surface area is 215 Å². The van der Waals surface area contributed by atoms with E-state index in [0.29, 0.717) is 39.7 Å². The van der Waals surface area contributed by atoms with Gasteiger partial charge in [0.1, 0.15) is 11.5 Å². The molecule has 2 aromatic carbocycles. The summed E-state index contributed by atoms with van der Waals surface area (Å²) in [5.74, 6) is -1.84. The van der Waals surface area contributed by atoms with Crippen LogP contribution in [0.4, 0.5) is 5.13 Å². The molecule has 0 spiro atoms. The number of nitrogens with zero attached hydrogens (tertiary/aromatic N) is 3. The Morgan fingerprint density at radius 2 is 1.78 bits per heavy atom. The van der Waals surface area contributed by atoms with E-state index in [-0.39, 0.29) is 11.3 Å². The summed E-state index contributed by atoms with van der Waals surface area (Å²) in [7, 11) is 1.28. The SMILES string of the molecule is CCOc1ccc2nc(N3C(=O)C(=O)/C(=C(/O)c4ccncc4)C3c3ccc(C(=O)OC)cc3)sc2c1. The van der Waals surface area contributed by atoms with Gasteiger partial charge in [0, 0.05) is 18.0 Å². The van der Waals surface area contributed by atoms with Gasteiger partial charge in [0.15, 0.2) is 5.13 Å². The van der Waals surface area contributed by atoms with Crippen molar-refractivity contribution in [2.45, 2.75) is 13.0 Å². The number of fused-ring (bicyclic) bond motifs is 1. The highest BCUT2D eigenvalue weighted by Gasteiger charge is 2.48. The number of esters is 1. The van der Waals surface area contributed by atoms with Crippen molar-refractivity contribution in [3.63, 3.8) is 0 Å². The lowest BCUT2D eigenvalue weighted by Gasteiger charge is -2.23. The molecule has 1 N–H and O–H groups in total. The summed E-state index contributed by atoms with van der Waals surface area (Å²) in [6.45, 7) is 2.39. The van der Waals surface area contributed by atoms with Crippen LogP contribution in [-0.2, 0) is 14.3 Å². The summed E-state index contributed by atoms with van der Waals surface area (Å²) in [6, 6.07) is 13.8. The standard InChI is InChI=1S/C27H21N3O6S/c1-3-36-18-8-9-19-20(14-18)37-27(29-19)30-22(15-4-6-17(7-5-15)26(34)35-2)21(24(32)25(30)33)23(31)16-10-12-28-13-11-16/h4-14,22,31H,3H2,1-2H3/b23-21+. The van der Waals surface area contributed by atoms with E-state index in [2.05, 4.69) is 9.97 Å². The molecule has 3 heterocycles. The number of aliphatic hydroxyl groups excluding tert-OH is 1. The maximum absolute atomic E-state index is 13.4. The van der Waals surface area contributed by atoms with Crippen molar-refractivity contribution in [2.75, 3.05) is 18.6 Å². The maximum Gasteiger partial charge on any atom is 0.337 e. The van der Waals surface area contributed by atoms with E-state index >= 15 is 0 Å². The van der Waals surface area contributed by atoms with E-state index in [1.54, 1.807) is 48.5 Å². The molecule has 0 saturated carbocycles. The fourth-order valence-electron chi connectivity index (χ4n) is 4.18. The summed E-state index contributed by atoms with van der Waals surface area (Å²) in [5, 5.41) is 11.5. The van der Waals surface area contributed by atoms with Crippen LogP contribution in [0.2, 0.25) is 0 Å². The Morgan fingerprint density at radius 3 is 2.46 bits per heavy atom. The number of hydrogen-bond donors (Lipinski definition) is 1. The number of ether oxygens (including phenoxy) is 2. The van der Waals surface area contributed by atoms with E-state index in [9.17, 15) is 19.5 Å². The summed E-state index contributed by atoms with van der Waals surface area (Å²) >= 11 is 1.23. The Balaban J connectivity index is 1.68. The van der Waals surface area contributed by atoms with Crippen molar-refractivity contribution in [3.05, 3.63) is 89.3 Å². The number of thiazole rings is 1. The maximum atomic E-state index is 13.4. The number of aromatic nitrogens is 2. The normalized spacial score (nSPS) is 16.8. The van der Waals surface area contributed by atoms with Crippen LogP contribution < -0.4 is 9.64 Å². The number of aliphatic hydroxyl groups is 1. The van der Waals surface area contributed by atoms with Gasteiger partial charge in [0.2, 0.25) is 0 Å². The molecule has 4 aromatic rings. The number of amides is 1. The van der Waals surface area contributed by atoms with E-state index in [4.69, 9.17) is 9.47 Å². The van der Waals surface area contributed by atoms with Crippen molar-refractivity contribution in [1.82, 2.24) is 9.97 Å². The molecule has 5 rings (SSSR count). The summed E-state index contributed by atoms with van der Waals surface area (Å²) in [5.41, 5.74) is 1.71. The average Bonchev–Trinajstić information content (AvgIpc) is 3.46. The van der Waals surface area contributed by atoms with Gasteiger partial charge in [0.25, 0.3) is 5.78 Å². The number of benzene rings is 2. The molecule has 0 radical (unpaired) electrons. The third kappa shape index (κ3) is 4.31. The van der Waals surface area contributed by atoms with E-state index in [1.165, 1.54) is 35.7 Å². The number of pyridine rings is 1. The Kier molecular flexibility index (Phi) is 6.41. The smallest absolute Gasteiger partial charge is 0.337 e. The van der Waals surface area contributed by atoms with E-state index < -0.39 is 23.7 Å². The summed E-state index contributed by atoms with van der Waals surface area (Å²) < 4.78 is 11.1. The van der Waals surface area contributed by atoms with Crippen LogP contribution in [0, 0.1) is 0 Å². The van der Waals surface area contributed by atoms with Gasteiger partial charge < -0.3 is 14.6 Å². The molecule has 1 aliphatic heterocycles. The number of anilines is 1. The molecule has 0 bridgehead atoms. The molecular weight excluding hydrogens is 494 g/mol. The lowest BCUT2D eigenvalue weighted by molar-refractivity contribution is -0.132. The molecule has 186 valence electrons. The number of hydrogen-bond acceptors (Lipinski definition) is 9. The van der Waals surface area contributed by atoms with Gasteiger partial charge in [-0.1, -0.05) is 23.5 Å². The van der Waals surface area contributed by atoms with Crippen molar-refractivity contribution in [1.29, 1.82) is 0 Å². The van der Waals surface area contributed by atoms with Gasteiger partial charge in [-0.05, 0) is 55.0 Å². The van der Waals surface area contributed by atoms with Crippen molar-refractivity contribution in [3.8, 4) is 5.75 Å². The number of carbonyl (C=O) groups excluding carboxylic acids is 3. The van der Waals surface area contributed by atoms with Crippen LogP contribution in [0.1, 0.15) is 34.5 Å². The van der Waals surface area contributed by atoms with Crippen molar-refractivity contribution < 1.29 is 29.0 Å². The molecule has 2 aromatic heterocycles. The highest BCUT2D eigenvalue weighted by atomic mass is 32.1. The quantitative estimate of drug-likeness (QED) is 0.173. The first-order chi connectivity index (χ1) is 17.9. The van der Waals surface area contributed by atoms with Crippen LogP contribution in [0.3, 0.4) is 0 Å². The topological polar surface area (TPSA) is 119 Å². The zero-order chi connectivity index (χ0) is 26.1. The second-order valence-electron chi connectivity index (χ2n) is 8.08. The minimum atomic E-state index is -0.980. The van der Waals surface area contributed by atoms with Crippen molar-refractivity contribution >= 4 is 50.1 Å². The van der Waals surface area contributed by atoms with Crippen molar-refractivity contribution in [2.24, 2.45) is 0 Å².